The molecular weight excluding hydrogens is 783 g/mol. The highest BCUT2D eigenvalue weighted by Gasteiger charge is 2.22. The van der Waals surface area contributed by atoms with Crippen LogP contribution in [0.25, 0.3) is 94.6 Å². The second kappa shape index (κ2) is 14.4. The van der Waals surface area contributed by atoms with Gasteiger partial charge in [-0.15, -0.1) is 0 Å². The summed E-state index contributed by atoms with van der Waals surface area (Å²) in [5.74, 6) is 1.50. The Balaban J connectivity index is 1.03. The van der Waals surface area contributed by atoms with Crippen LogP contribution >= 0.6 is 0 Å². The highest BCUT2D eigenvalue weighted by Crippen LogP contribution is 2.41. The van der Waals surface area contributed by atoms with Gasteiger partial charge < -0.3 is 4.90 Å². The van der Waals surface area contributed by atoms with Crippen LogP contribution in [-0.4, -0.2) is 28.5 Å². The van der Waals surface area contributed by atoms with Crippen LogP contribution in [0.1, 0.15) is 0 Å². The highest BCUT2D eigenvalue weighted by molar-refractivity contribution is 6.09. The molecule has 7 heteroatoms. The molecule has 4 aromatic heterocycles. The van der Waals surface area contributed by atoms with Gasteiger partial charge in [-0.3, -0.25) is 13.5 Å². The van der Waals surface area contributed by atoms with Gasteiger partial charge in [-0.1, -0.05) is 140 Å². The standard InChI is InChI=1S/C57H37N7/c1-3-16-38(17-4-1)39-30-32-42(33-31-39)61(44-34-35-53-54(37-44)64-52-29-14-11-26-49(52)59-57(64)62(53)41-19-5-2-6-20-41)43-21-15-18-40(36-43)55-47-24-7-10-25-48(47)58-56(60-55)63-50-27-12-8-22-45(50)46-23-9-13-28-51(46)63/h1-37H. The van der Waals surface area contributed by atoms with Gasteiger partial charge in [-0.25, -0.2) is 15.0 Å². The van der Waals surface area contributed by atoms with Gasteiger partial charge >= 0.3 is 0 Å². The van der Waals surface area contributed by atoms with Gasteiger partial charge in [-0.2, -0.15) is 0 Å². The zero-order valence-corrected chi connectivity index (χ0v) is 34.5. The molecular formula is C57H37N7. The molecule has 13 aromatic rings. The second-order valence-corrected chi connectivity index (χ2v) is 16.1. The van der Waals surface area contributed by atoms with Crippen LogP contribution < -0.4 is 4.90 Å². The third kappa shape index (κ3) is 5.65. The van der Waals surface area contributed by atoms with Crippen molar-refractivity contribution in [3.8, 4) is 34.0 Å². The largest absolute Gasteiger partial charge is 0.310 e. The number of hydrogen-bond acceptors (Lipinski definition) is 4. The molecule has 300 valence electrons. The van der Waals surface area contributed by atoms with Crippen molar-refractivity contribution in [2.45, 2.75) is 0 Å². The monoisotopic (exact) mass is 819 g/mol. The van der Waals surface area contributed by atoms with Crippen molar-refractivity contribution in [2.24, 2.45) is 0 Å². The number of aromatic nitrogens is 6. The van der Waals surface area contributed by atoms with Crippen molar-refractivity contribution in [1.29, 1.82) is 0 Å². The zero-order chi connectivity index (χ0) is 42.1. The van der Waals surface area contributed by atoms with E-state index in [0.717, 1.165) is 89.4 Å². The van der Waals surface area contributed by atoms with E-state index in [0.29, 0.717) is 5.95 Å². The van der Waals surface area contributed by atoms with E-state index in [4.69, 9.17) is 15.0 Å². The van der Waals surface area contributed by atoms with E-state index in [1.54, 1.807) is 0 Å². The molecule has 0 spiro atoms. The molecule has 9 aromatic carbocycles. The van der Waals surface area contributed by atoms with Gasteiger partial charge in [0.15, 0.2) is 0 Å². The topological polar surface area (TPSA) is 56.2 Å². The molecule has 0 N–H and O–H groups in total. The summed E-state index contributed by atoms with van der Waals surface area (Å²) < 4.78 is 6.74. The lowest BCUT2D eigenvalue weighted by Crippen LogP contribution is -2.10. The molecule has 0 fully saturated rings. The van der Waals surface area contributed by atoms with Crippen LogP contribution in [-0.2, 0) is 0 Å². The summed E-state index contributed by atoms with van der Waals surface area (Å²) in [6.07, 6.45) is 0. The molecule has 0 bridgehead atoms. The lowest BCUT2D eigenvalue weighted by atomic mass is 10.0. The minimum atomic E-state index is 0.634. The fraction of sp³-hybridized carbons (Fsp3) is 0. The molecule has 4 heterocycles. The van der Waals surface area contributed by atoms with Crippen LogP contribution in [0.2, 0.25) is 0 Å². The van der Waals surface area contributed by atoms with Crippen LogP contribution in [0.15, 0.2) is 224 Å². The smallest absolute Gasteiger partial charge is 0.235 e. The molecule has 64 heavy (non-hydrogen) atoms. The van der Waals surface area contributed by atoms with Crippen LogP contribution in [0, 0.1) is 0 Å². The van der Waals surface area contributed by atoms with Crippen molar-refractivity contribution in [3.05, 3.63) is 224 Å². The summed E-state index contributed by atoms with van der Waals surface area (Å²) in [4.78, 5) is 18.2. The molecule has 0 unspecified atom stereocenters. The van der Waals surface area contributed by atoms with E-state index in [-0.39, 0.29) is 0 Å². The van der Waals surface area contributed by atoms with E-state index in [1.165, 1.54) is 16.3 Å². The van der Waals surface area contributed by atoms with Gasteiger partial charge in [0.1, 0.15) is 0 Å². The Labute approximate surface area is 368 Å². The fourth-order valence-electron chi connectivity index (χ4n) is 9.55. The first-order chi connectivity index (χ1) is 31.7. The molecule has 0 radical (unpaired) electrons. The maximum atomic E-state index is 5.45. The maximum Gasteiger partial charge on any atom is 0.235 e. The second-order valence-electron chi connectivity index (χ2n) is 16.1. The van der Waals surface area contributed by atoms with Crippen molar-refractivity contribution >= 4 is 77.6 Å². The summed E-state index contributed by atoms with van der Waals surface area (Å²) in [5, 5.41) is 3.33. The van der Waals surface area contributed by atoms with E-state index in [2.05, 4.69) is 237 Å². The number of fused-ring (bicyclic) bond motifs is 9. The summed E-state index contributed by atoms with van der Waals surface area (Å²) in [7, 11) is 0. The van der Waals surface area contributed by atoms with E-state index in [1.807, 2.05) is 6.07 Å². The van der Waals surface area contributed by atoms with Gasteiger partial charge in [0.05, 0.1) is 44.3 Å². The number of rotatable bonds is 7. The molecule has 0 atom stereocenters. The van der Waals surface area contributed by atoms with Crippen molar-refractivity contribution in [3.63, 3.8) is 0 Å². The molecule has 0 aliphatic heterocycles. The molecule has 7 nitrogen and oxygen atoms in total. The Bertz CT molecular complexity index is 3850. The minimum Gasteiger partial charge on any atom is -0.310 e. The van der Waals surface area contributed by atoms with Crippen LogP contribution in [0.5, 0.6) is 0 Å². The van der Waals surface area contributed by atoms with Gasteiger partial charge in [0, 0.05) is 44.5 Å². The van der Waals surface area contributed by atoms with Gasteiger partial charge in [-0.05, 0) is 96.1 Å². The molecule has 0 aliphatic rings. The number of nitrogens with zero attached hydrogens (tertiary/aromatic N) is 7. The third-order valence-corrected chi connectivity index (χ3v) is 12.4. The number of para-hydroxylation sites is 6. The first kappa shape index (κ1) is 35.9. The summed E-state index contributed by atoms with van der Waals surface area (Å²) in [5.41, 5.74) is 15.5. The Kier molecular flexibility index (Phi) is 8.08. The Morgan fingerprint density at radius 1 is 0.328 bits per heavy atom. The molecule has 0 saturated heterocycles. The fourth-order valence-corrected chi connectivity index (χ4v) is 9.55. The zero-order valence-electron chi connectivity index (χ0n) is 34.5. The first-order valence-corrected chi connectivity index (χ1v) is 21.5. The molecule has 13 rings (SSSR count). The Morgan fingerprint density at radius 3 is 1.66 bits per heavy atom. The average molecular weight is 820 g/mol. The van der Waals surface area contributed by atoms with Crippen molar-refractivity contribution in [2.75, 3.05) is 4.90 Å². The number of benzene rings is 9. The van der Waals surface area contributed by atoms with Crippen molar-refractivity contribution < 1.29 is 0 Å². The normalized spacial score (nSPS) is 11.8. The van der Waals surface area contributed by atoms with E-state index < -0.39 is 0 Å². The van der Waals surface area contributed by atoms with Crippen LogP contribution in [0.4, 0.5) is 17.1 Å². The van der Waals surface area contributed by atoms with Gasteiger partial charge in [0.25, 0.3) is 0 Å². The first-order valence-electron chi connectivity index (χ1n) is 21.5. The summed E-state index contributed by atoms with van der Waals surface area (Å²) >= 11 is 0. The Morgan fingerprint density at radius 2 is 0.906 bits per heavy atom. The lowest BCUT2D eigenvalue weighted by molar-refractivity contribution is 1.01. The predicted molar refractivity (Wildman–Crippen MR) is 263 cm³/mol. The molecule has 0 aliphatic carbocycles. The predicted octanol–water partition coefficient (Wildman–Crippen LogP) is 14.3. The number of hydrogen-bond donors (Lipinski definition) is 0. The van der Waals surface area contributed by atoms with Gasteiger partial charge in [0.2, 0.25) is 11.7 Å². The maximum absolute atomic E-state index is 5.45. The molecule has 0 amide bonds. The SMILES string of the molecule is c1ccc(-c2ccc(N(c3cccc(-c4nc(-n5c6ccccc6c6ccccc65)nc5ccccc45)c3)c3ccc4c(c3)n3c5ccccc5nc3n4-c3ccccc3)cc2)cc1. The van der Waals surface area contributed by atoms with E-state index >= 15 is 0 Å². The minimum absolute atomic E-state index is 0.634. The lowest BCUT2D eigenvalue weighted by Gasteiger charge is -2.26. The van der Waals surface area contributed by atoms with Crippen molar-refractivity contribution in [1.82, 2.24) is 28.5 Å². The van der Waals surface area contributed by atoms with Crippen LogP contribution in [0.3, 0.4) is 0 Å². The summed E-state index contributed by atoms with van der Waals surface area (Å²) in [6, 6.07) is 79.1. The number of anilines is 3. The van der Waals surface area contributed by atoms with E-state index in [9.17, 15) is 0 Å². The third-order valence-electron chi connectivity index (χ3n) is 12.4. The number of imidazole rings is 2. The molecule has 0 saturated carbocycles. The summed E-state index contributed by atoms with van der Waals surface area (Å²) in [6.45, 7) is 0. The highest BCUT2D eigenvalue weighted by atomic mass is 15.2. The average Bonchev–Trinajstić information content (AvgIpc) is 4.01. The Hall–Kier alpha value is -8.81. The quantitative estimate of drug-likeness (QED) is 0.161.